The van der Waals surface area contributed by atoms with E-state index in [0.29, 0.717) is 6.54 Å². The van der Waals surface area contributed by atoms with E-state index in [2.05, 4.69) is 17.1 Å². The van der Waals surface area contributed by atoms with Gasteiger partial charge in [-0.1, -0.05) is 30.3 Å². The predicted octanol–water partition coefficient (Wildman–Crippen LogP) is 0.155. The Morgan fingerprint density at radius 1 is 1.38 bits per heavy atom. The van der Waals surface area contributed by atoms with E-state index >= 15 is 0 Å². The Hall–Kier alpha value is -2.31. The summed E-state index contributed by atoms with van der Waals surface area (Å²) >= 11 is 0. The molecule has 16 heavy (non-hydrogen) atoms. The van der Waals surface area contributed by atoms with Crippen LogP contribution in [0.3, 0.4) is 0 Å². The zero-order valence-electron chi connectivity index (χ0n) is 8.61. The van der Waals surface area contributed by atoms with Gasteiger partial charge in [0.1, 0.15) is 0 Å². The van der Waals surface area contributed by atoms with Gasteiger partial charge < -0.3 is 16.7 Å². The summed E-state index contributed by atoms with van der Waals surface area (Å²) in [7, 11) is 0. The van der Waals surface area contributed by atoms with E-state index in [9.17, 15) is 0 Å². The fourth-order valence-corrected chi connectivity index (χ4v) is 0.959. The van der Waals surface area contributed by atoms with Gasteiger partial charge in [0.05, 0.1) is 0 Å². The minimum absolute atomic E-state index is 0.158. The van der Waals surface area contributed by atoms with Crippen LogP contribution in [0.4, 0.5) is 0 Å². The molecule has 0 spiro atoms. The Kier molecular flexibility index (Phi) is 6.88. The first-order valence-electron chi connectivity index (χ1n) is 4.45. The lowest BCUT2D eigenvalue weighted by molar-refractivity contribution is -0.742. The van der Waals surface area contributed by atoms with Crippen LogP contribution in [0.2, 0.25) is 0 Å². The Bertz CT molecular complexity index is 332. The van der Waals surface area contributed by atoms with Crippen LogP contribution in [0.25, 0.3) is 0 Å². The first-order valence-corrected chi connectivity index (χ1v) is 4.45. The van der Waals surface area contributed by atoms with Crippen LogP contribution in [0.15, 0.2) is 35.3 Å². The molecule has 0 bridgehead atoms. The lowest BCUT2D eigenvalue weighted by Gasteiger charge is -1.96. The van der Waals surface area contributed by atoms with Gasteiger partial charge in [-0.25, -0.2) is 0 Å². The van der Waals surface area contributed by atoms with E-state index in [1.54, 1.807) is 0 Å². The number of hydrogen-bond acceptors (Lipinski definition) is 3. The Balaban J connectivity index is 0.000000487. The number of aliphatic imine (C=N–C) groups is 1. The molecule has 0 fully saturated rings. The molecule has 0 aromatic heterocycles. The second-order valence-corrected chi connectivity index (χ2v) is 2.78. The van der Waals surface area contributed by atoms with Crippen molar-refractivity contribution in [2.24, 2.45) is 16.5 Å². The first kappa shape index (κ1) is 13.7. The summed E-state index contributed by atoms with van der Waals surface area (Å²) < 4.78 is 0. The SMILES string of the molecule is NC(N)=NCCc1ccccc1.O=[N+]([O-])O. The van der Waals surface area contributed by atoms with Crippen LogP contribution >= 0.6 is 0 Å². The van der Waals surface area contributed by atoms with E-state index in [0.717, 1.165) is 6.42 Å². The molecule has 5 N–H and O–H groups in total. The Morgan fingerprint density at radius 2 is 1.88 bits per heavy atom. The van der Waals surface area contributed by atoms with Gasteiger partial charge in [-0.05, 0) is 12.0 Å². The molecule has 7 nitrogen and oxygen atoms in total. The third-order valence-electron chi connectivity index (χ3n) is 1.54. The normalized spacial score (nSPS) is 8.50. The zero-order chi connectivity index (χ0) is 12.4. The van der Waals surface area contributed by atoms with Gasteiger partial charge >= 0.3 is 0 Å². The molecule has 0 saturated carbocycles. The lowest BCUT2D eigenvalue weighted by atomic mass is 10.2. The average molecular weight is 226 g/mol. The van der Waals surface area contributed by atoms with Gasteiger partial charge in [0.15, 0.2) is 5.96 Å². The monoisotopic (exact) mass is 226 g/mol. The third-order valence-corrected chi connectivity index (χ3v) is 1.54. The molecule has 0 radical (unpaired) electrons. The van der Waals surface area contributed by atoms with Crippen LogP contribution in [-0.2, 0) is 6.42 Å². The van der Waals surface area contributed by atoms with Gasteiger partial charge in [-0.2, -0.15) is 0 Å². The van der Waals surface area contributed by atoms with E-state index in [4.69, 9.17) is 26.8 Å². The van der Waals surface area contributed by atoms with Crippen molar-refractivity contribution in [3.63, 3.8) is 0 Å². The highest BCUT2D eigenvalue weighted by atomic mass is 16.9. The van der Waals surface area contributed by atoms with Gasteiger partial charge in [-0.15, -0.1) is 10.1 Å². The molecule has 0 saturated heterocycles. The molecule has 1 aromatic carbocycles. The van der Waals surface area contributed by atoms with Crippen molar-refractivity contribution in [1.29, 1.82) is 0 Å². The molecule has 0 unspecified atom stereocenters. The summed E-state index contributed by atoms with van der Waals surface area (Å²) in [6.45, 7) is 0.659. The highest BCUT2D eigenvalue weighted by Crippen LogP contribution is 1.98. The summed E-state index contributed by atoms with van der Waals surface area (Å²) in [4.78, 5) is 12.3. The molecule has 1 aromatic rings. The Morgan fingerprint density at radius 3 is 2.31 bits per heavy atom. The van der Waals surface area contributed by atoms with E-state index in [-0.39, 0.29) is 5.96 Å². The highest BCUT2D eigenvalue weighted by Gasteiger charge is 1.88. The van der Waals surface area contributed by atoms with Crippen LogP contribution in [0.1, 0.15) is 5.56 Å². The standard InChI is InChI=1S/C9H13N3.HNO3/c10-9(11)12-7-6-8-4-2-1-3-5-8;2-1(3)4/h1-5H,6-7H2,(H4,10,11,12);(H,2,3,4). The van der Waals surface area contributed by atoms with Gasteiger partial charge in [0.25, 0.3) is 5.09 Å². The molecule has 7 heteroatoms. The first-order chi connectivity index (χ1) is 7.52. The summed E-state index contributed by atoms with van der Waals surface area (Å²) in [5, 5.41) is 13.6. The lowest BCUT2D eigenvalue weighted by Crippen LogP contribution is -2.23. The largest absolute Gasteiger partial charge is 0.370 e. The van der Waals surface area contributed by atoms with Gasteiger partial charge in [0, 0.05) is 6.54 Å². The van der Waals surface area contributed by atoms with E-state index in [1.165, 1.54) is 5.56 Å². The zero-order valence-corrected chi connectivity index (χ0v) is 8.61. The van der Waals surface area contributed by atoms with E-state index < -0.39 is 5.09 Å². The molecule has 1 rings (SSSR count). The van der Waals surface area contributed by atoms with Crippen molar-refractivity contribution in [3.8, 4) is 0 Å². The van der Waals surface area contributed by atoms with Crippen molar-refractivity contribution < 1.29 is 10.3 Å². The maximum Gasteiger partial charge on any atom is 0.291 e. The smallest absolute Gasteiger partial charge is 0.291 e. The summed E-state index contributed by atoms with van der Waals surface area (Å²) in [5.74, 6) is 0.158. The number of rotatable bonds is 3. The molecule has 0 atom stereocenters. The van der Waals surface area contributed by atoms with Crippen molar-refractivity contribution >= 4 is 5.96 Å². The molecular weight excluding hydrogens is 212 g/mol. The average Bonchev–Trinajstić information content (AvgIpc) is 2.18. The molecule has 0 aliphatic rings. The number of nitrogens with zero attached hydrogens (tertiary/aromatic N) is 2. The maximum atomic E-state index is 8.36. The number of nitrogens with two attached hydrogens (primary N) is 2. The number of hydrogen-bond donors (Lipinski definition) is 3. The predicted molar refractivity (Wildman–Crippen MR) is 59.6 cm³/mol. The second kappa shape index (κ2) is 8.04. The quantitative estimate of drug-likeness (QED) is 0.292. The fourth-order valence-electron chi connectivity index (χ4n) is 0.959. The van der Waals surface area contributed by atoms with Gasteiger partial charge in [0.2, 0.25) is 0 Å². The molecule has 0 heterocycles. The van der Waals surface area contributed by atoms with Crippen LogP contribution in [0, 0.1) is 10.1 Å². The molecular formula is C9H14N4O3. The Labute approximate surface area is 92.5 Å². The summed E-state index contributed by atoms with van der Waals surface area (Å²) in [6.07, 6.45) is 0.888. The van der Waals surface area contributed by atoms with Gasteiger partial charge in [-0.3, -0.25) is 4.99 Å². The van der Waals surface area contributed by atoms with Crippen molar-refractivity contribution in [1.82, 2.24) is 0 Å². The highest BCUT2D eigenvalue weighted by molar-refractivity contribution is 5.75. The molecule has 88 valence electrons. The number of benzene rings is 1. The maximum absolute atomic E-state index is 8.36. The van der Waals surface area contributed by atoms with E-state index in [1.807, 2.05) is 18.2 Å². The third kappa shape index (κ3) is 9.78. The van der Waals surface area contributed by atoms with Crippen molar-refractivity contribution in [2.75, 3.05) is 6.54 Å². The topological polar surface area (TPSA) is 128 Å². The van der Waals surface area contributed by atoms with Crippen molar-refractivity contribution in [3.05, 3.63) is 46.0 Å². The molecule has 0 aliphatic heterocycles. The van der Waals surface area contributed by atoms with Crippen LogP contribution in [-0.4, -0.2) is 22.8 Å². The second-order valence-electron chi connectivity index (χ2n) is 2.78. The minimum Gasteiger partial charge on any atom is -0.370 e. The minimum atomic E-state index is -1.50. The molecule has 0 aliphatic carbocycles. The van der Waals surface area contributed by atoms with Crippen molar-refractivity contribution in [2.45, 2.75) is 6.42 Å². The fraction of sp³-hybridized carbons (Fsp3) is 0.222. The summed E-state index contributed by atoms with van der Waals surface area (Å²) in [6, 6.07) is 10.1. The summed E-state index contributed by atoms with van der Waals surface area (Å²) in [5.41, 5.74) is 11.6. The molecule has 0 amide bonds. The van der Waals surface area contributed by atoms with Crippen LogP contribution < -0.4 is 11.5 Å². The van der Waals surface area contributed by atoms with Crippen LogP contribution in [0.5, 0.6) is 0 Å². The number of guanidine groups is 1.